The van der Waals surface area contributed by atoms with Crippen LogP contribution in [0, 0.1) is 6.92 Å². The summed E-state index contributed by atoms with van der Waals surface area (Å²) < 4.78 is 7.69. The van der Waals surface area contributed by atoms with Crippen LogP contribution in [0.25, 0.3) is 23.0 Å². The number of ether oxygens (including phenoxy) is 1. The molecule has 0 spiro atoms. The molecule has 0 saturated carbocycles. The highest BCUT2D eigenvalue weighted by atomic mass is 32.2. The van der Waals surface area contributed by atoms with Gasteiger partial charge in [0, 0.05) is 30.4 Å². The van der Waals surface area contributed by atoms with E-state index < -0.39 is 0 Å². The number of thioether (sulfide) groups is 1. The summed E-state index contributed by atoms with van der Waals surface area (Å²) in [5.41, 5.74) is 4.89. The molecule has 1 fully saturated rings. The summed E-state index contributed by atoms with van der Waals surface area (Å²) in [7, 11) is 0. The fourth-order valence-corrected chi connectivity index (χ4v) is 5.07. The lowest BCUT2D eigenvalue weighted by Gasteiger charge is -2.35. The molecular formula is C26H26N4O2S. The minimum atomic E-state index is -0.205. The summed E-state index contributed by atoms with van der Waals surface area (Å²) >= 11 is 1.43. The van der Waals surface area contributed by atoms with Gasteiger partial charge in [-0.25, -0.2) is 4.68 Å². The zero-order chi connectivity index (χ0) is 22.9. The third-order valence-electron chi connectivity index (χ3n) is 5.67. The standard InChI is InChI=1S/C26H26N4O2S/c1-17-9-11-20(12-10-17)24-21(16-30(28-24)22-7-5-4-6-8-22)13-23-25(31)27-26(33-23)29-14-18(2)32-19(3)15-29/h4-13,16,18-19H,14-15H2,1-3H3/b23-13-. The Morgan fingerprint density at radius 3 is 2.42 bits per heavy atom. The summed E-state index contributed by atoms with van der Waals surface area (Å²) in [6.07, 6.45) is 4.11. The second-order valence-electron chi connectivity index (χ2n) is 8.55. The Balaban J connectivity index is 1.49. The van der Waals surface area contributed by atoms with Crippen molar-refractivity contribution in [3.63, 3.8) is 0 Å². The normalized spacial score (nSPS) is 22.2. The van der Waals surface area contributed by atoms with Crippen LogP contribution in [0.2, 0.25) is 0 Å². The molecule has 0 aliphatic carbocycles. The first-order valence-electron chi connectivity index (χ1n) is 11.1. The van der Waals surface area contributed by atoms with Crippen LogP contribution in [0.4, 0.5) is 0 Å². The molecule has 1 aromatic heterocycles. The number of amides is 1. The summed E-state index contributed by atoms with van der Waals surface area (Å²) in [6, 6.07) is 18.3. The van der Waals surface area contributed by atoms with Crippen LogP contribution < -0.4 is 0 Å². The maximum Gasteiger partial charge on any atom is 0.286 e. The average Bonchev–Trinajstić information content (AvgIpc) is 3.38. The number of rotatable bonds is 3. The van der Waals surface area contributed by atoms with E-state index in [9.17, 15) is 4.79 Å². The zero-order valence-corrected chi connectivity index (χ0v) is 19.7. The minimum Gasteiger partial charge on any atom is -0.372 e. The molecule has 6 nitrogen and oxygen atoms in total. The molecule has 33 heavy (non-hydrogen) atoms. The third-order valence-corrected chi connectivity index (χ3v) is 6.72. The molecule has 7 heteroatoms. The van der Waals surface area contributed by atoms with E-state index in [1.54, 1.807) is 0 Å². The monoisotopic (exact) mass is 458 g/mol. The molecule has 1 amide bonds. The number of aromatic nitrogens is 2. The van der Waals surface area contributed by atoms with Gasteiger partial charge in [0.05, 0.1) is 28.5 Å². The summed E-state index contributed by atoms with van der Waals surface area (Å²) in [5.74, 6) is -0.205. The summed E-state index contributed by atoms with van der Waals surface area (Å²) in [5, 5.41) is 5.61. The van der Waals surface area contributed by atoms with Gasteiger partial charge in [0.15, 0.2) is 5.17 Å². The maximum atomic E-state index is 12.8. The molecule has 3 heterocycles. The Bertz CT molecular complexity index is 1220. The van der Waals surface area contributed by atoms with E-state index in [0.29, 0.717) is 4.91 Å². The number of carbonyl (C=O) groups is 1. The van der Waals surface area contributed by atoms with Crippen LogP contribution in [-0.2, 0) is 9.53 Å². The fraction of sp³-hybridized carbons (Fsp3) is 0.269. The number of amidine groups is 1. The number of aryl methyl sites for hydroxylation is 1. The van der Waals surface area contributed by atoms with E-state index in [4.69, 9.17) is 9.84 Å². The highest BCUT2D eigenvalue weighted by molar-refractivity contribution is 8.18. The van der Waals surface area contributed by atoms with Crippen LogP contribution in [-0.4, -0.2) is 51.1 Å². The quantitative estimate of drug-likeness (QED) is 0.521. The summed E-state index contributed by atoms with van der Waals surface area (Å²) in [4.78, 5) is 19.9. The minimum absolute atomic E-state index is 0.109. The third kappa shape index (κ3) is 4.65. The Morgan fingerprint density at radius 2 is 1.73 bits per heavy atom. The zero-order valence-electron chi connectivity index (χ0n) is 18.9. The highest BCUT2D eigenvalue weighted by Crippen LogP contribution is 2.34. The predicted molar refractivity (Wildman–Crippen MR) is 133 cm³/mol. The van der Waals surface area contributed by atoms with Crippen molar-refractivity contribution in [1.82, 2.24) is 14.7 Å². The molecule has 2 atom stereocenters. The van der Waals surface area contributed by atoms with Gasteiger partial charge in [-0.15, -0.1) is 0 Å². The van der Waals surface area contributed by atoms with Gasteiger partial charge in [-0.05, 0) is 50.7 Å². The molecule has 2 aromatic carbocycles. The SMILES string of the molecule is Cc1ccc(-c2nn(-c3ccccc3)cc2/C=C2\SC(N3CC(C)OC(C)C3)=NC2=O)cc1. The molecule has 168 valence electrons. The van der Waals surface area contributed by atoms with E-state index in [-0.39, 0.29) is 18.1 Å². The van der Waals surface area contributed by atoms with Crippen LogP contribution in [0.5, 0.6) is 0 Å². The number of aliphatic imine (C=N–C) groups is 1. The summed E-state index contributed by atoms with van der Waals surface area (Å²) in [6.45, 7) is 7.63. The largest absolute Gasteiger partial charge is 0.372 e. The van der Waals surface area contributed by atoms with Crippen molar-refractivity contribution in [1.29, 1.82) is 0 Å². The maximum absolute atomic E-state index is 12.8. The Kier molecular flexibility index (Phi) is 5.91. The number of hydrogen-bond acceptors (Lipinski definition) is 5. The van der Waals surface area contributed by atoms with Crippen molar-refractivity contribution >= 4 is 28.9 Å². The fourth-order valence-electron chi connectivity index (χ4n) is 4.15. The van der Waals surface area contributed by atoms with E-state index in [1.165, 1.54) is 17.3 Å². The van der Waals surface area contributed by atoms with Gasteiger partial charge < -0.3 is 9.64 Å². The predicted octanol–water partition coefficient (Wildman–Crippen LogP) is 4.93. The number of nitrogens with zero attached hydrogens (tertiary/aromatic N) is 4. The number of carbonyl (C=O) groups excluding carboxylic acids is 1. The van der Waals surface area contributed by atoms with Gasteiger partial charge in [0.2, 0.25) is 0 Å². The first-order valence-corrected chi connectivity index (χ1v) is 11.9. The van der Waals surface area contributed by atoms with Crippen molar-refractivity contribution in [2.75, 3.05) is 13.1 Å². The van der Waals surface area contributed by atoms with E-state index >= 15 is 0 Å². The number of para-hydroxylation sites is 1. The Morgan fingerprint density at radius 1 is 1.03 bits per heavy atom. The smallest absolute Gasteiger partial charge is 0.286 e. The molecule has 2 aliphatic heterocycles. The molecule has 0 bridgehead atoms. The van der Waals surface area contributed by atoms with E-state index in [2.05, 4.69) is 41.1 Å². The van der Waals surface area contributed by atoms with Crippen molar-refractivity contribution < 1.29 is 9.53 Å². The van der Waals surface area contributed by atoms with Gasteiger partial charge in [-0.2, -0.15) is 10.1 Å². The van der Waals surface area contributed by atoms with E-state index in [0.717, 1.165) is 40.8 Å². The van der Waals surface area contributed by atoms with Crippen molar-refractivity contribution in [3.05, 3.63) is 76.8 Å². The lowest BCUT2D eigenvalue weighted by molar-refractivity contribution is -0.113. The number of morpholine rings is 1. The van der Waals surface area contributed by atoms with Gasteiger partial charge in [-0.3, -0.25) is 4.79 Å². The van der Waals surface area contributed by atoms with Crippen molar-refractivity contribution in [2.45, 2.75) is 33.0 Å². The number of hydrogen-bond donors (Lipinski definition) is 0. The Labute approximate surface area is 198 Å². The second kappa shape index (κ2) is 9.00. The van der Waals surface area contributed by atoms with E-state index in [1.807, 2.05) is 61.1 Å². The molecule has 0 radical (unpaired) electrons. The molecule has 0 N–H and O–H groups in total. The van der Waals surface area contributed by atoms with Crippen LogP contribution in [0.3, 0.4) is 0 Å². The number of benzene rings is 2. The lowest BCUT2D eigenvalue weighted by Crippen LogP contribution is -2.47. The molecule has 5 rings (SSSR count). The topological polar surface area (TPSA) is 59.7 Å². The van der Waals surface area contributed by atoms with Gasteiger partial charge >= 0.3 is 0 Å². The van der Waals surface area contributed by atoms with Gasteiger partial charge in [0.25, 0.3) is 5.91 Å². The molecule has 3 aromatic rings. The molecule has 2 aliphatic rings. The van der Waals surface area contributed by atoms with Crippen LogP contribution in [0.1, 0.15) is 25.0 Å². The van der Waals surface area contributed by atoms with Gasteiger partial charge in [0.1, 0.15) is 0 Å². The van der Waals surface area contributed by atoms with Crippen molar-refractivity contribution in [3.8, 4) is 16.9 Å². The first kappa shape index (κ1) is 21.7. The lowest BCUT2D eigenvalue weighted by atomic mass is 10.1. The highest BCUT2D eigenvalue weighted by Gasteiger charge is 2.31. The van der Waals surface area contributed by atoms with Crippen LogP contribution in [0.15, 0.2) is 70.7 Å². The molecule has 2 unspecified atom stereocenters. The second-order valence-corrected chi connectivity index (χ2v) is 9.56. The molecular weight excluding hydrogens is 432 g/mol. The Hall–Kier alpha value is -3.16. The van der Waals surface area contributed by atoms with Gasteiger partial charge in [-0.1, -0.05) is 48.0 Å². The average molecular weight is 459 g/mol. The first-order chi connectivity index (χ1) is 16.0. The van der Waals surface area contributed by atoms with Crippen molar-refractivity contribution in [2.24, 2.45) is 4.99 Å². The molecule has 1 saturated heterocycles. The van der Waals surface area contributed by atoms with Crippen LogP contribution >= 0.6 is 11.8 Å².